The van der Waals surface area contributed by atoms with Crippen molar-refractivity contribution >= 4 is 34.0 Å². The van der Waals surface area contributed by atoms with Gasteiger partial charge in [-0.25, -0.2) is 19.6 Å². The molecule has 0 amide bonds. The van der Waals surface area contributed by atoms with Crippen LogP contribution in [-0.2, 0) is 44.9 Å². The minimum absolute atomic E-state index is 0.254. The molecular weight excluding hydrogens is 610 g/mol. The van der Waals surface area contributed by atoms with Crippen LogP contribution in [0.1, 0.15) is 77.3 Å². The van der Waals surface area contributed by atoms with Crippen LogP contribution in [0.2, 0.25) is 0 Å². The van der Waals surface area contributed by atoms with E-state index in [0.29, 0.717) is 17.0 Å². The Morgan fingerprint density at radius 2 is 1.25 bits per heavy atom. The van der Waals surface area contributed by atoms with Gasteiger partial charge in [0.25, 0.3) is 0 Å². The van der Waals surface area contributed by atoms with Crippen molar-refractivity contribution in [2.45, 2.75) is 83.1 Å². The van der Waals surface area contributed by atoms with Crippen LogP contribution in [-0.4, -0.2) is 83.8 Å². The van der Waals surface area contributed by atoms with E-state index in [9.17, 15) is 9.59 Å². The number of benzene rings is 2. The number of imidazole rings is 2. The average molecular weight is 658 g/mol. The third-order valence-electron chi connectivity index (χ3n) is 10.4. The predicted molar refractivity (Wildman–Crippen MR) is 181 cm³/mol. The first kappa shape index (κ1) is 32.7. The molecule has 11 nitrogen and oxygen atoms in total. The van der Waals surface area contributed by atoms with Gasteiger partial charge in [-0.3, -0.25) is 0 Å². The van der Waals surface area contributed by atoms with Gasteiger partial charge in [0.15, 0.2) is 0 Å². The summed E-state index contributed by atoms with van der Waals surface area (Å²) in [7, 11) is 2.82. The molecule has 1 saturated carbocycles. The normalized spacial score (nSPS) is 22.2. The van der Waals surface area contributed by atoms with Gasteiger partial charge in [-0.1, -0.05) is 25.7 Å². The minimum Gasteiger partial charge on any atom is -0.465 e. The van der Waals surface area contributed by atoms with Crippen LogP contribution in [0.3, 0.4) is 0 Å². The summed E-state index contributed by atoms with van der Waals surface area (Å²) in [5.74, 6) is 2.98. The molecule has 48 heavy (non-hydrogen) atoms. The number of hydrogen-bond donors (Lipinski definition) is 1. The minimum atomic E-state index is -0.314. The van der Waals surface area contributed by atoms with E-state index in [1.165, 1.54) is 46.3 Å². The van der Waals surface area contributed by atoms with Crippen LogP contribution in [0.4, 0.5) is 0 Å². The van der Waals surface area contributed by atoms with Gasteiger partial charge in [-0.05, 0) is 80.6 Å². The van der Waals surface area contributed by atoms with Gasteiger partial charge in [0.2, 0.25) is 0 Å². The lowest BCUT2D eigenvalue weighted by atomic mass is 10.0. The molecule has 0 unspecified atom stereocenters. The monoisotopic (exact) mass is 657 g/mol. The number of nitrogens with zero attached hydrogens (tertiary/aromatic N) is 4. The fourth-order valence-corrected chi connectivity index (χ4v) is 7.44. The zero-order valence-electron chi connectivity index (χ0n) is 28.1. The number of carbonyl (C=O) groups is 2. The van der Waals surface area contributed by atoms with Gasteiger partial charge in [0.1, 0.15) is 11.6 Å². The molecular formula is C37H47N5O6. The number of aromatic nitrogens is 4. The molecule has 256 valence electrons. The molecule has 3 atom stereocenters. The highest BCUT2D eigenvalue weighted by molar-refractivity contribution is 5.94. The molecule has 8 rings (SSSR count). The summed E-state index contributed by atoms with van der Waals surface area (Å²) in [6.07, 6.45) is 11.2. The summed E-state index contributed by atoms with van der Waals surface area (Å²) in [4.78, 5) is 33.4. The van der Waals surface area contributed by atoms with Crippen LogP contribution in [0, 0.1) is 11.8 Å². The number of hydrogen-bond acceptors (Lipinski definition) is 9. The Morgan fingerprint density at radius 3 is 1.67 bits per heavy atom. The van der Waals surface area contributed by atoms with E-state index in [0.717, 1.165) is 105 Å². The van der Waals surface area contributed by atoms with Crippen molar-refractivity contribution in [1.29, 1.82) is 0 Å². The molecule has 4 fully saturated rings. The topological polar surface area (TPSA) is 119 Å². The number of esters is 2. The van der Waals surface area contributed by atoms with Crippen LogP contribution in [0.25, 0.3) is 22.1 Å². The highest BCUT2D eigenvalue weighted by Gasteiger charge is 2.26. The molecule has 3 saturated heterocycles. The molecule has 2 aromatic heterocycles. The number of nitrogens with one attached hydrogen (secondary N) is 1. The van der Waals surface area contributed by atoms with Gasteiger partial charge < -0.3 is 33.4 Å². The van der Waals surface area contributed by atoms with Gasteiger partial charge in [0.05, 0.1) is 72.7 Å². The molecule has 0 bridgehead atoms. The van der Waals surface area contributed by atoms with E-state index >= 15 is 0 Å². The summed E-state index contributed by atoms with van der Waals surface area (Å²) in [5, 5.41) is 3.42. The number of ether oxygens (including phenoxy) is 4. The predicted octanol–water partition coefficient (Wildman–Crippen LogP) is 5.11. The number of carbonyl (C=O) groups excluding carboxylic acids is 2. The fourth-order valence-electron chi connectivity index (χ4n) is 7.44. The van der Waals surface area contributed by atoms with Crippen molar-refractivity contribution in [3.8, 4) is 0 Å². The highest BCUT2D eigenvalue weighted by atomic mass is 16.5. The number of fused-ring (bicyclic) bond motifs is 2. The Hall–Kier alpha value is -3.80. The number of rotatable bonds is 10. The molecule has 0 spiro atoms. The van der Waals surface area contributed by atoms with Gasteiger partial charge >= 0.3 is 11.9 Å². The molecule has 0 radical (unpaired) electrons. The van der Waals surface area contributed by atoms with Gasteiger partial charge in [0, 0.05) is 26.1 Å². The van der Waals surface area contributed by atoms with E-state index in [1.54, 1.807) is 12.1 Å². The Kier molecular flexibility index (Phi) is 10.1. The Balaban J connectivity index is 0.000000152. The van der Waals surface area contributed by atoms with Gasteiger partial charge in [-0.15, -0.1) is 0 Å². The molecule has 4 aromatic rings. The van der Waals surface area contributed by atoms with Crippen molar-refractivity contribution in [2.75, 3.05) is 40.5 Å². The van der Waals surface area contributed by atoms with Crippen molar-refractivity contribution in [3.63, 3.8) is 0 Å². The fraction of sp³-hybridized carbons (Fsp3) is 0.568. The first-order valence-corrected chi connectivity index (χ1v) is 17.6. The first-order chi connectivity index (χ1) is 23.5. The molecule has 1 aliphatic carbocycles. The van der Waals surface area contributed by atoms with Crippen LogP contribution in [0.5, 0.6) is 0 Å². The van der Waals surface area contributed by atoms with Gasteiger partial charge in [-0.2, -0.15) is 0 Å². The summed E-state index contributed by atoms with van der Waals surface area (Å²) in [6, 6.07) is 11.2. The summed E-state index contributed by atoms with van der Waals surface area (Å²) < 4.78 is 25.5. The first-order valence-electron chi connectivity index (χ1n) is 17.6. The molecule has 4 aliphatic rings. The molecule has 1 N–H and O–H groups in total. The number of methoxy groups -OCH3 is 2. The van der Waals surface area contributed by atoms with E-state index in [-0.39, 0.29) is 24.1 Å². The van der Waals surface area contributed by atoms with Crippen molar-refractivity contribution in [2.24, 2.45) is 11.8 Å². The second-order valence-electron chi connectivity index (χ2n) is 13.6. The smallest absolute Gasteiger partial charge is 0.337 e. The average Bonchev–Trinajstić information content (AvgIpc) is 3.88. The maximum Gasteiger partial charge on any atom is 0.337 e. The standard InChI is InChI=1S/C19H24N2O3.C18H23N3O3/c1-23-19(22)14-6-7-16-17(11-14)21(12-15-8-9-24-15)18(20-16)10-13-4-2-3-5-13;1-23-18(22)13-2-3-15-16(9-13)21(11-14-5-7-24-14)17(20-15)8-12-4-6-19-10-12/h6-7,11,13,15H,2-5,8-10,12H2,1H3;2-3,9,12,14,19H,4-8,10-11H2,1H3/t15-;12-,14-/m00/s1. The third-order valence-corrected chi connectivity index (χ3v) is 10.4. The molecule has 3 aliphatic heterocycles. The zero-order chi connectivity index (χ0) is 33.0. The summed E-state index contributed by atoms with van der Waals surface area (Å²) in [6.45, 7) is 5.45. The summed E-state index contributed by atoms with van der Waals surface area (Å²) in [5.41, 5.74) is 5.04. The quantitative estimate of drug-likeness (QED) is 0.232. The lowest BCUT2D eigenvalue weighted by molar-refractivity contribution is -0.0591. The largest absolute Gasteiger partial charge is 0.465 e. The van der Waals surface area contributed by atoms with E-state index in [4.69, 9.17) is 28.9 Å². The Morgan fingerprint density at radius 1 is 0.750 bits per heavy atom. The lowest BCUT2D eigenvalue weighted by Crippen LogP contribution is -2.32. The van der Waals surface area contributed by atoms with Crippen LogP contribution < -0.4 is 5.32 Å². The highest BCUT2D eigenvalue weighted by Crippen LogP contribution is 2.30. The maximum atomic E-state index is 11.9. The van der Waals surface area contributed by atoms with Crippen LogP contribution in [0.15, 0.2) is 36.4 Å². The van der Waals surface area contributed by atoms with Crippen molar-refractivity contribution in [1.82, 2.24) is 24.4 Å². The molecule has 5 heterocycles. The Bertz CT molecular complexity index is 1620. The Labute approximate surface area is 281 Å². The van der Waals surface area contributed by atoms with E-state index < -0.39 is 0 Å². The zero-order valence-corrected chi connectivity index (χ0v) is 28.1. The summed E-state index contributed by atoms with van der Waals surface area (Å²) >= 11 is 0. The van der Waals surface area contributed by atoms with E-state index in [2.05, 4.69) is 14.5 Å². The van der Waals surface area contributed by atoms with Crippen LogP contribution >= 0.6 is 0 Å². The van der Waals surface area contributed by atoms with E-state index in [1.807, 2.05) is 24.3 Å². The lowest BCUT2D eigenvalue weighted by Gasteiger charge is -2.28. The molecule has 2 aromatic carbocycles. The third kappa shape index (κ3) is 7.13. The second-order valence-corrected chi connectivity index (χ2v) is 13.6. The van der Waals surface area contributed by atoms with Crippen molar-refractivity contribution in [3.05, 3.63) is 59.2 Å². The maximum absolute atomic E-state index is 11.9. The second kappa shape index (κ2) is 14.8. The molecule has 11 heteroatoms. The SMILES string of the molecule is COC(=O)c1ccc2nc(CC3CCCC3)n(C[C@@H]3CCO3)c2c1.COC(=O)c1ccc2nc(C[C@@H]3CCNC3)n(C[C@@H]3CCO3)c2c1. The van der Waals surface area contributed by atoms with Crippen molar-refractivity contribution < 1.29 is 28.5 Å².